The first-order chi connectivity index (χ1) is 10.5. The van der Waals surface area contributed by atoms with E-state index in [0.29, 0.717) is 31.7 Å². The summed E-state index contributed by atoms with van der Waals surface area (Å²) in [6, 6.07) is 7.76. The van der Waals surface area contributed by atoms with E-state index < -0.39 is 12.0 Å². The molecule has 4 nitrogen and oxygen atoms in total. The normalized spacial score (nSPS) is 18.0. The Bertz CT molecular complexity index is 522. The number of amides is 1. The maximum Gasteiger partial charge on any atom is 0.326 e. The second-order valence-corrected chi connectivity index (χ2v) is 6.50. The summed E-state index contributed by atoms with van der Waals surface area (Å²) in [5.41, 5.74) is 2.45. The van der Waals surface area contributed by atoms with Crippen molar-refractivity contribution in [1.29, 1.82) is 0 Å². The van der Waals surface area contributed by atoms with Crippen LogP contribution < -0.4 is 0 Å². The first-order valence-corrected chi connectivity index (χ1v) is 8.07. The molecule has 0 aromatic heterocycles. The minimum atomic E-state index is -0.885. The van der Waals surface area contributed by atoms with Crippen LogP contribution in [0, 0.1) is 5.92 Å². The van der Waals surface area contributed by atoms with Crippen molar-refractivity contribution in [3.8, 4) is 0 Å². The number of carbonyl (C=O) groups excluding carboxylic acids is 1. The number of carboxylic acid groups (broad SMARTS) is 1. The number of aliphatic carboxylic acids is 1. The number of hydrogen-bond donors (Lipinski definition) is 1. The van der Waals surface area contributed by atoms with Gasteiger partial charge in [0.1, 0.15) is 6.04 Å². The Labute approximate surface area is 132 Å². The molecule has 4 heteroatoms. The van der Waals surface area contributed by atoms with Crippen LogP contribution in [0.4, 0.5) is 0 Å². The van der Waals surface area contributed by atoms with E-state index in [1.807, 2.05) is 0 Å². The fourth-order valence-electron chi connectivity index (χ4n) is 3.03. The molecule has 0 bridgehead atoms. The summed E-state index contributed by atoms with van der Waals surface area (Å²) in [5.74, 6) is -0.296. The highest BCUT2D eigenvalue weighted by molar-refractivity contribution is 5.84. The molecule has 1 saturated heterocycles. The number of aryl methyl sites for hydroxylation is 1. The average Bonchev–Trinajstić information content (AvgIpc) is 2.95. The Hall–Kier alpha value is -1.84. The van der Waals surface area contributed by atoms with Crippen molar-refractivity contribution in [2.45, 2.75) is 52.0 Å². The average molecular weight is 303 g/mol. The van der Waals surface area contributed by atoms with Crippen molar-refractivity contribution < 1.29 is 14.7 Å². The lowest BCUT2D eigenvalue weighted by molar-refractivity contribution is -0.148. The molecule has 1 aliphatic rings. The number of carboxylic acids is 1. The van der Waals surface area contributed by atoms with E-state index in [9.17, 15) is 9.59 Å². The third-order valence-corrected chi connectivity index (χ3v) is 4.15. The van der Waals surface area contributed by atoms with Gasteiger partial charge in [0, 0.05) is 13.0 Å². The fraction of sp³-hybridized carbons (Fsp3) is 0.556. The first kappa shape index (κ1) is 16.5. The summed E-state index contributed by atoms with van der Waals surface area (Å²) in [4.78, 5) is 24.9. The van der Waals surface area contributed by atoms with Crippen LogP contribution in [0.1, 0.15) is 44.2 Å². The van der Waals surface area contributed by atoms with Gasteiger partial charge in [-0.05, 0) is 42.7 Å². The van der Waals surface area contributed by atoms with Crippen LogP contribution in [0.5, 0.6) is 0 Å². The number of benzene rings is 1. The van der Waals surface area contributed by atoms with E-state index in [2.05, 4.69) is 38.1 Å². The Balaban J connectivity index is 1.87. The number of carbonyl (C=O) groups is 2. The van der Waals surface area contributed by atoms with Gasteiger partial charge in [-0.3, -0.25) is 4.79 Å². The van der Waals surface area contributed by atoms with E-state index in [1.165, 1.54) is 10.5 Å². The topological polar surface area (TPSA) is 57.6 Å². The molecule has 0 aliphatic carbocycles. The van der Waals surface area contributed by atoms with Crippen molar-refractivity contribution in [3.63, 3.8) is 0 Å². The number of hydrogen-bond acceptors (Lipinski definition) is 2. The third-order valence-electron chi connectivity index (χ3n) is 4.15. The van der Waals surface area contributed by atoms with E-state index in [-0.39, 0.29) is 5.91 Å². The zero-order chi connectivity index (χ0) is 16.1. The summed E-state index contributed by atoms with van der Waals surface area (Å²) in [5, 5.41) is 9.13. The second-order valence-electron chi connectivity index (χ2n) is 6.50. The van der Waals surface area contributed by atoms with Gasteiger partial charge in [0.05, 0.1) is 0 Å². The minimum Gasteiger partial charge on any atom is -0.480 e. The summed E-state index contributed by atoms with van der Waals surface area (Å²) in [7, 11) is 0. The Morgan fingerprint density at radius 1 is 1.23 bits per heavy atom. The zero-order valence-electron chi connectivity index (χ0n) is 13.4. The molecule has 0 unspecified atom stereocenters. The quantitative estimate of drug-likeness (QED) is 0.879. The molecule has 1 fully saturated rings. The smallest absolute Gasteiger partial charge is 0.326 e. The highest BCUT2D eigenvalue weighted by Gasteiger charge is 2.33. The maximum atomic E-state index is 12.2. The van der Waals surface area contributed by atoms with Crippen LogP contribution in [0.3, 0.4) is 0 Å². The number of nitrogens with zero attached hydrogens (tertiary/aromatic N) is 1. The Kier molecular flexibility index (Phi) is 5.58. The lowest BCUT2D eigenvalue weighted by Crippen LogP contribution is -2.40. The molecule has 0 saturated carbocycles. The third kappa shape index (κ3) is 4.33. The number of likely N-dealkylation sites (tertiary alicyclic amines) is 1. The number of rotatable bonds is 6. The SMILES string of the molecule is CC(C)Cc1ccc(CCC(=O)N2CCC[C@@H]2C(=O)O)cc1. The van der Waals surface area contributed by atoms with Gasteiger partial charge < -0.3 is 10.0 Å². The molecule has 1 atom stereocenters. The standard InChI is InChI=1S/C18H25NO3/c1-13(2)12-15-7-5-14(6-8-15)9-10-17(20)19-11-3-4-16(19)18(21)22/h5-8,13,16H,3-4,9-12H2,1-2H3,(H,21,22)/t16-/m1/s1. The Morgan fingerprint density at radius 3 is 2.45 bits per heavy atom. The molecule has 1 aromatic rings. The zero-order valence-corrected chi connectivity index (χ0v) is 13.4. The van der Waals surface area contributed by atoms with Crippen molar-refractivity contribution in [3.05, 3.63) is 35.4 Å². The lowest BCUT2D eigenvalue weighted by Gasteiger charge is -2.21. The predicted octanol–water partition coefficient (Wildman–Crippen LogP) is 2.89. The van der Waals surface area contributed by atoms with Gasteiger partial charge in [0.15, 0.2) is 0 Å². The largest absolute Gasteiger partial charge is 0.480 e. The molecule has 120 valence electrons. The van der Waals surface area contributed by atoms with E-state index in [1.54, 1.807) is 0 Å². The van der Waals surface area contributed by atoms with Crippen molar-refractivity contribution in [2.75, 3.05) is 6.54 Å². The van der Waals surface area contributed by atoms with Crippen LogP contribution in [-0.2, 0) is 22.4 Å². The molecule has 1 N–H and O–H groups in total. The van der Waals surface area contributed by atoms with Crippen LogP contribution in [0.15, 0.2) is 24.3 Å². The molecule has 1 heterocycles. The van der Waals surface area contributed by atoms with Crippen LogP contribution in [-0.4, -0.2) is 34.5 Å². The molecular weight excluding hydrogens is 278 g/mol. The van der Waals surface area contributed by atoms with Gasteiger partial charge in [0.2, 0.25) is 5.91 Å². The van der Waals surface area contributed by atoms with Gasteiger partial charge in [-0.1, -0.05) is 38.1 Å². The second kappa shape index (κ2) is 7.43. The van der Waals surface area contributed by atoms with Gasteiger partial charge in [-0.25, -0.2) is 4.79 Å². The maximum absolute atomic E-state index is 12.2. The monoisotopic (exact) mass is 303 g/mol. The molecule has 1 aliphatic heterocycles. The molecule has 22 heavy (non-hydrogen) atoms. The van der Waals surface area contributed by atoms with Crippen LogP contribution in [0.25, 0.3) is 0 Å². The van der Waals surface area contributed by atoms with Crippen molar-refractivity contribution >= 4 is 11.9 Å². The molecule has 0 radical (unpaired) electrons. The van der Waals surface area contributed by atoms with Gasteiger partial charge in [-0.2, -0.15) is 0 Å². The molecule has 2 rings (SSSR count). The molecular formula is C18H25NO3. The summed E-state index contributed by atoms with van der Waals surface area (Å²) in [6.45, 7) is 4.96. The minimum absolute atomic E-state index is 0.0452. The van der Waals surface area contributed by atoms with E-state index in [0.717, 1.165) is 18.4 Å². The fourth-order valence-corrected chi connectivity index (χ4v) is 3.03. The van der Waals surface area contributed by atoms with Crippen LogP contribution >= 0.6 is 0 Å². The van der Waals surface area contributed by atoms with Crippen molar-refractivity contribution in [2.24, 2.45) is 5.92 Å². The molecule has 0 spiro atoms. The molecule has 1 aromatic carbocycles. The van der Waals surface area contributed by atoms with Gasteiger partial charge in [-0.15, -0.1) is 0 Å². The summed E-state index contributed by atoms with van der Waals surface area (Å²) in [6.07, 6.45) is 3.47. The first-order valence-electron chi connectivity index (χ1n) is 8.07. The lowest BCUT2D eigenvalue weighted by atomic mass is 10.0. The van der Waals surface area contributed by atoms with Crippen molar-refractivity contribution in [1.82, 2.24) is 4.90 Å². The van der Waals surface area contributed by atoms with Gasteiger partial charge in [0.25, 0.3) is 0 Å². The Morgan fingerprint density at radius 2 is 1.86 bits per heavy atom. The highest BCUT2D eigenvalue weighted by atomic mass is 16.4. The highest BCUT2D eigenvalue weighted by Crippen LogP contribution is 2.19. The van der Waals surface area contributed by atoms with E-state index in [4.69, 9.17) is 5.11 Å². The van der Waals surface area contributed by atoms with E-state index >= 15 is 0 Å². The van der Waals surface area contributed by atoms with Gasteiger partial charge >= 0.3 is 5.97 Å². The summed E-state index contributed by atoms with van der Waals surface area (Å²) >= 11 is 0. The predicted molar refractivity (Wildman–Crippen MR) is 85.7 cm³/mol. The van der Waals surface area contributed by atoms with Crippen LogP contribution in [0.2, 0.25) is 0 Å². The summed E-state index contributed by atoms with van der Waals surface area (Å²) < 4.78 is 0. The molecule has 1 amide bonds.